The molecule has 0 saturated heterocycles. The van der Waals surface area contributed by atoms with Crippen molar-refractivity contribution in [1.29, 1.82) is 0 Å². The summed E-state index contributed by atoms with van der Waals surface area (Å²) in [6, 6.07) is 8.61. The van der Waals surface area contributed by atoms with Crippen molar-refractivity contribution in [3.05, 3.63) is 51.9 Å². The molecule has 98 valence electrons. The van der Waals surface area contributed by atoms with Crippen molar-refractivity contribution in [3.8, 4) is 11.4 Å². The summed E-state index contributed by atoms with van der Waals surface area (Å²) in [5.74, 6) is -0.0559. The van der Waals surface area contributed by atoms with Gasteiger partial charge in [-0.1, -0.05) is 12.1 Å². The minimum atomic E-state index is -0.340. The van der Waals surface area contributed by atoms with Gasteiger partial charge in [0.25, 0.3) is 5.56 Å². The summed E-state index contributed by atoms with van der Waals surface area (Å²) in [5.41, 5.74) is 1.43. The number of hydrogen-bond acceptors (Lipinski definition) is 4. The molecule has 0 saturated carbocycles. The number of carbonyl (C=O) groups excluding carboxylic acids is 1. The first-order valence-electron chi connectivity index (χ1n) is 5.79. The minimum absolute atomic E-state index is 0.142. The Morgan fingerprint density at radius 2 is 2.05 bits per heavy atom. The molecule has 1 heterocycles. The first kappa shape index (κ1) is 13.0. The van der Waals surface area contributed by atoms with Crippen molar-refractivity contribution >= 4 is 5.78 Å². The van der Waals surface area contributed by atoms with Gasteiger partial charge in [-0.2, -0.15) is 9.78 Å². The van der Waals surface area contributed by atoms with E-state index in [-0.39, 0.29) is 22.8 Å². The summed E-state index contributed by atoms with van der Waals surface area (Å²) in [4.78, 5) is 23.5. The third-order valence-electron chi connectivity index (χ3n) is 2.70. The van der Waals surface area contributed by atoms with E-state index in [9.17, 15) is 9.59 Å². The monoisotopic (exact) mass is 258 g/mol. The summed E-state index contributed by atoms with van der Waals surface area (Å²) < 4.78 is 6.21. The van der Waals surface area contributed by atoms with Gasteiger partial charge in [0.05, 0.1) is 12.8 Å². The Bertz CT molecular complexity index is 689. The molecule has 0 atom stereocenters. The number of ketones is 1. The molecular weight excluding hydrogens is 244 g/mol. The van der Waals surface area contributed by atoms with Crippen LogP contribution < -0.4 is 10.3 Å². The molecule has 0 bridgehead atoms. The number of benzene rings is 1. The van der Waals surface area contributed by atoms with Crippen molar-refractivity contribution in [2.24, 2.45) is 0 Å². The van der Waals surface area contributed by atoms with Crippen LogP contribution in [0.2, 0.25) is 0 Å². The predicted octanol–water partition coefficient (Wildman–Crippen LogP) is 1.75. The molecule has 5 nitrogen and oxygen atoms in total. The Labute approximate surface area is 110 Å². The fourth-order valence-corrected chi connectivity index (χ4v) is 1.78. The van der Waals surface area contributed by atoms with Gasteiger partial charge < -0.3 is 4.74 Å². The zero-order valence-electron chi connectivity index (χ0n) is 11.0. The molecular formula is C14H14N2O3. The van der Waals surface area contributed by atoms with Gasteiger partial charge in [0, 0.05) is 13.0 Å². The van der Waals surface area contributed by atoms with Crippen LogP contribution in [-0.2, 0) is 0 Å². The number of Topliss-reactive ketones (excluding diaryl/α,β-unsaturated/α-hetero) is 1. The number of aryl methyl sites for hydroxylation is 1. The third-order valence-corrected chi connectivity index (χ3v) is 2.70. The first-order valence-corrected chi connectivity index (χ1v) is 5.79. The maximum atomic E-state index is 12.0. The van der Waals surface area contributed by atoms with Crippen LogP contribution in [0.4, 0.5) is 0 Å². The Morgan fingerprint density at radius 1 is 1.32 bits per heavy atom. The second-order valence-corrected chi connectivity index (χ2v) is 4.21. The molecule has 0 aliphatic rings. The van der Waals surface area contributed by atoms with Crippen LogP contribution in [0.25, 0.3) is 5.69 Å². The molecule has 5 heteroatoms. The number of hydrogen-bond donors (Lipinski definition) is 0. The van der Waals surface area contributed by atoms with Crippen molar-refractivity contribution in [3.63, 3.8) is 0 Å². The molecule has 2 aromatic rings. The number of carbonyl (C=O) groups is 1. The van der Waals surface area contributed by atoms with Gasteiger partial charge in [0.2, 0.25) is 0 Å². The van der Waals surface area contributed by atoms with E-state index >= 15 is 0 Å². The second kappa shape index (κ2) is 5.06. The van der Waals surface area contributed by atoms with Crippen LogP contribution >= 0.6 is 0 Å². The Morgan fingerprint density at radius 3 is 2.63 bits per heavy atom. The van der Waals surface area contributed by atoms with E-state index < -0.39 is 0 Å². The maximum Gasteiger partial charge on any atom is 0.275 e. The Balaban J connectivity index is 2.68. The van der Waals surface area contributed by atoms with E-state index in [1.54, 1.807) is 6.07 Å². The van der Waals surface area contributed by atoms with Crippen LogP contribution in [-0.4, -0.2) is 22.7 Å². The molecule has 2 rings (SSSR count). The Kier molecular flexibility index (Phi) is 3.46. The number of aromatic nitrogens is 2. The van der Waals surface area contributed by atoms with Crippen molar-refractivity contribution in [2.45, 2.75) is 13.8 Å². The van der Waals surface area contributed by atoms with E-state index in [4.69, 9.17) is 4.74 Å². The largest absolute Gasteiger partial charge is 0.494 e. The van der Waals surface area contributed by atoms with Gasteiger partial charge in [0.1, 0.15) is 0 Å². The van der Waals surface area contributed by atoms with E-state index in [0.29, 0.717) is 5.69 Å². The van der Waals surface area contributed by atoms with Crippen molar-refractivity contribution in [1.82, 2.24) is 9.78 Å². The standard InChI is InChI=1S/C14H14N2O3/c1-9-5-4-6-11(7-9)16-13(18)8-12(19-3)14(15-16)10(2)17/h4-8H,1-3H3. The number of nitrogens with zero attached hydrogens (tertiary/aromatic N) is 2. The quantitative estimate of drug-likeness (QED) is 0.787. The second-order valence-electron chi connectivity index (χ2n) is 4.21. The first-order chi connectivity index (χ1) is 9.02. The molecule has 0 spiro atoms. The molecule has 1 aromatic carbocycles. The van der Waals surface area contributed by atoms with Crippen LogP contribution in [0.15, 0.2) is 35.1 Å². The lowest BCUT2D eigenvalue weighted by molar-refractivity contribution is 0.100. The fraction of sp³-hybridized carbons (Fsp3) is 0.214. The van der Waals surface area contributed by atoms with Crippen molar-refractivity contribution < 1.29 is 9.53 Å². The highest BCUT2D eigenvalue weighted by Crippen LogP contribution is 2.15. The molecule has 0 unspecified atom stereocenters. The van der Waals surface area contributed by atoms with E-state index in [1.807, 2.05) is 25.1 Å². The molecule has 0 aliphatic heterocycles. The summed E-state index contributed by atoms with van der Waals surface area (Å²) in [6.07, 6.45) is 0. The molecule has 0 fully saturated rings. The summed E-state index contributed by atoms with van der Waals surface area (Å²) in [7, 11) is 1.40. The number of methoxy groups -OCH3 is 1. The predicted molar refractivity (Wildman–Crippen MR) is 71.1 cm³/mol. The summed E-state index contributed by atoms with van der Waals surface area (Å²) in [6.45, 7) is 3.31. The van der Waals surface area contributed by atoms with Crippen LogP contribution in [0.5, 0.6) is 5.75 Å². The lowest BCUT2D eigenvalue weighted by atomic mass is 10.2. The maximum absolute atomic E-state index is 12.0. The van der Waals surface area contributed by atoms with Gasteiger partial charge in [-0.3, -0.25) is 9.59 Å². The van der Waals surface area contributed by atoms with Gasteiger partial charge in [-0.25, -0.2) is 0 Å². The molecule has 0 amide bonds. The fourth-order valence-electron chi connectivity index (χ4n) is 1.78. The lowest BCUT2D eigenvalue weighted by Gasteiger charge is -2.09. The number of rotatable bonds is 3. The topological polar surface area (TPSA) is 61.2 Å². The Hall–Kier alpha value is -2.43. The van der Waals surface area contributed by atoms with Crippen LogP contribution in [0.1, 0.15) is 23.0 Å². The average Bonchev–Trinajstić information content (AvgIpc) is 2.37. The average molecular weight is 258 g/mol. The van der Waals surface area contributed by atoms with Gasteiger partial charge in [-0.15, -0.1) is 0 Å². The normalized spacial score (nSPS) is 10.3. The van der Waals surface area contributed by atoms with E-state index in [1.165, 1.54) is 24.8 Å². The molecule has 0 aliphatic carbocycles. The molecule has 0 N–H and O–H groups in total. The summed E-state index contributed by atoms with van der Waals surface area (Å²) >= 11 is 0. The van der Waals surface area contributed by atoms with E-state index in [2.05, 4.69) is 5.10 Å². The minimum Gasteiger partial charge on any atom is -0.494 e. The van der Waals surface area contributed by atoms with Crippen molar-refractivity contribution in [2.75, 3.05) is 7.11 Å². The smallest absolute Gasteiger partial charge is 0.275 e. The highest BCUT2D eigenvalue weighted by atomic mass is 16.5. The van der Waals surface area contributed by atoms with Crippen LogP contribution in [0.3, 0.4) is 0 Å². The summed E-state index contributed by atoms with van der Waals surface area (Å²) in [5, 5.41) is 4.08. The highest BCUT2D eigenvalue weighted by molar-refractivity contribution is 5.94. The van der Waals surface area contributed by atoms with Gasteiger partial charge in [0.15, 0.2) is 17.2 Å². The SMILES string of the molecule is COc1cc(=O)n(-c2cccc(C)c2)nc1C(C)=O. The molecule has 1 aromatic heterocycles. The molecule has 19 heavy (non-hydrogen) atoms. The highest BCUT2D eigenvalue weighted by Gasteiger charge is 2.14. The van der Waals surface area contributed by atoms with Crippen LogP contribution in [0, 0.1) is 6.92 Å². The van der Waals surface area contributed by atoms with Gasteiger partial charge >= 0.3 is 0 Å². The lowest BCUT2D eigenvalue weighted by Crippen LogP contribution is -2.23. The van der Waals surface area contributed by atoms with E-state index in [0.717, 1.165) is 5.56 Å². The zero-order chi connectivity index (χ0) is 14.0. The zero-order valence-corrected chi connectivity index (χ0v) is 11.0. The molecule has 0 radical (unpaired) electrons. The third kappa shape index (κ3) is 2.54. The number of ether oxygens (including phenoxy) is 1. The van der Waals surface area contributed by atoms with Gasteiger partial charge in [-0.05, 0) is 24.6 Å².